The largest absolute Gasteiger partial charge is 0.383 e. The minimum absolute atomic E-state index is 0.162. The number of pyridine rings is 2. The molecule has 0 bridgehead atoms. The molecular formula is C22H26N10. The Labute approximate surface area is 186 Å². The average Bonchev–Trinajstić information content (AvgIpc) is 3.38. The standard InChI is InChI=1S/C22H26N10/c1-13(2)5-6-17-12-31(30-29-17)19-11-25-20(8-18(19)27-14(3)4)32-22-16(10-26-32)7-15(9-23)21(24)28-22/h7-8,10-14H,5-6H2,1-4H3,(H2,24,28)(H,25,27). The Morgan fingerprint density at radius 1 is 1.19 bits per heavy atom. The van der Waals surface area contributed by atoms with Crippen molar-refractivity contribution in [1.82, 2.24) is 34.7 Å². The van der Waals surface area contributed by atoms with Crippen molar-refractivity contribution in [3.8, 4) is 17.6 Å². The molecule has 4 heterocycles. The minimum Gasteiger partial charge on any atom is -0.383 e. The summed E-state index contributed by atoms with van der Waals surface area (Å²) in [5.74, 6) is 1.34. The highest BCUT2D eigenvalue weighted by Gasteiger charge is 2.15. The lowest BCUT2D eigenvalue weighted by molar-refractivity contribution is 0.581. The van der Waals surface area contributed by atoms with Crippen LogP contribution >= 0.6 is 0 Å². The van der Waals surface area contributed by atoms with Crippen molar-refractivity contribution in [3.05, 3.63) is 42.0 Å². The monoisotopic (exact) mass is 430 g/mol. The minimum atomic E-state index is 0.162. The van der Waals surface area contributed by atoms with Gasteiger partial charge in [-0.2, -0.15) is 15.0 Å². The Hall–Kier alpha value is -4.00. The molecule has 10 heteroatoms. The van der Waals surface area contributed by atoms with Crippen molar-refractivity contribution in [2.24, 2.45) is 5.92 Å². The molecule has 0 fully saturated rings. The van der Waals surface area contributed by atoms with Crippen LogP contribution in [0, 0.1) is 17.2 Å². The van der Waals surface area contributed by atoms with Gasteiger partial charge in [0.2, 0.25) is 0 Å². The fourth-order valence-corrected chi connectivity index (χ4v) is 3.36. The van der Waals surface area contributed by atoms with Crippen molar-refractivity contribution >= 4 is 22.5 Å². The van der Waals surface area contributed by atoms with Gasteiger partial charge in [-0.25, -0.2) is 14.6 Å². The van der Waals surface area contributed by atoms with Crippen LogP contribution in [0.5, 0.6) is 0 Å². The summed E-state index contributed by atoms with van der Waals surface area (Å²) < 4.78 is 3.35. The molecule has 0 spiro atoms. The highest BCUT2D eigenvalue weighted by molar-refractivity contribution is 5.80. The van der Waals surface area contributed by atoms with E-state index < -0.39 is 0 Å². The van der Waals surface area contributed by atoms with Gasteiger partial charge in [0.05, 0.1) is 35.5 Å². The molecule has 10 nitrogen and oxygen atoms in total. The second-order valence-electron chi connectivity index (χ2n) is 8.45. The van der Waals surface area contributed by atoms with E-state index in [2.05, 4.69) is 58.4 Å². The molecule has 164 valence electrons. The molecule has 0 amide bonds. The molecule has 0 atom stereocenters. The fourth-order valence-electron chi connectivity index (χ4n) is 3.36. The third-order valence-electron chi connectivity index (χ3n) is 4.99. The Morgan fingerprint density at radius 3 is 2.72 bits per heavy atom. The summed E-state index contributed by atoms with van der Waals surface area (Å²) in [6.07, 6.45) is 7.27. The number of anilines is 2. The second kappa shape index (κ2) is 8.63. The van der Waals surface area contributed by atoms with Gasteiger partial charge in [-0.3, -0.25) is 0 Å². The molecule has 0 aromatic carbocycles. The quantitative estimate of drug-likeness (QED) is 0.456. The van der Waals surface area contributed by atoms with E-state index in [4.69, 9.17) is 5.73 Å². The van der Waals surface area contributed by atoms with Gasteiger partial charge in [0.15, 0.2) is 11.5 Å². The molecular weight excluding hydrogens is 404 g/mol. The molecule has 4 aromatic heterocycles. The molecule has 0 saturated carbocycles. The Bertz CT molecular complexity index is 1290. The van der Waals surface area contributed by atoms with E-state index in [0.29, 0.717) is 28.3 Å². The molecule has 32 heavy (non-hydrogen) atoms. The van der Waals surface area contributed by atoms with Gasteiger partial charge in [0.1, 0.15) is 17.6 Å². The van der Waals surface area contributed by atoms with Gasteiger partial charge in [-0.05, 0) is 38.7 Å². The number of hydrogen-bond donors (Lipinski definition) is 2. The predicted molar refractivity (Wildman–Crippen MR) is 123 cm³/mol. The normalized spacial score (nSPS) is 11.4. The number of rotatable bonds is 7. The second-order valence-corrected chi connectivity index (χ2v) is 8.45. The van der Waals surface area contributed by atoms with Crippen LogP contribution in [-0.4, -0.2) is 40.8 Å². The first kappa shape index (κ1) is 21.2. The van der Waals surface area contributed by atoms with Crippen LogP contribution in [-0.2, 0) is 6.42 Å². The lowest BCUT2D eigenvalue weighted by atomic mass is 10.1. The summed E-state index contributed by atoms with van der Waals surface area (Å²) in [6.45, 7) is 8.52. The van der Waals surface area contributed by atoms with Gasteiger partial charge in [0, 0.05) is 17.5 Å². The van der Waals surface area contributed by atoms with Gasteiger partial charge in [0.25, 0.3) is 0 Å². The van der Waals surface area contributed by atoms with Gasteiger partial charge in [-0.1, -0.05) is 19.1 Å². The van der Waals surface area contributed by atoms with E-state index >= 15 is 0 Å². The van der Waals surface area contributed by atoms with Gasteiger partial charge >= 0.3 is 0 Å². The van der Waals surface area contributed by atoms with Crippen LogP contribution in [0.3, 0.4) is 0 Å². The van der Waals surface area contributed by atoms with E-state index in [0.717, 1.165) is 29.9 Å². The fraction of sp³-hybridized carbons (Fsp3) is 0.364. The maximum absolute atomic E-state index is 9.19. The number of nitrogens with one attached hydrogen (secondary N) is 1. The number of aromatic nitrogens is 7. The third-order valence-corrected chi connectivity index (χ3v) is 4.99. The molecule has 0 aliphatic rings. The summed E-state index contributed by atoms with van der Waals surface area (Å²) >= 11 is 0. The van der Waals surface area contributed by atoms with E-state index in [9.17, 15) is 5.26 Å². The number of aryl methyl sites for hydroxylation is 1. The van der Waals surface area contributed by atoms with Gasteiger partial charge < -0.3 is 11.1 Å². The van der Waals surface area contributed by atoms with Crippen molar-refractivity contribution in [1.29, 1.82) is 5.26 Å². The number of nitrogen functional groups attached to an aromatic ring is 1. The van der Waals surface area contributed by atoms with E-state index in [-0.39, 0.29) is 11.9 Å². The highest BCUT2D eigenvalue weighted by Crippen LogP contribution is 2.25. The van der Waals surface area contributed by atoms with E-state index in [1.807, 2.05) is 18.3 Å². The van der Waals surface area contributed by atoms with Crippen LogP contribution in [0.4, 0.5) is 11.5 Å². The van der Waals surface area contributed by atoms with Crippen molar-refractivity contribution in [3.63, 3.8) is 0 Å². The number of nitrogens with zero attached hydrogens (tertiary/aromatic N) is 8. The molecule has 0 saturated heterocycles. The first-order valence-electron chi connectivity index (χ1n) is 10.6. The van der Waals surface area contributed by atoms with Crippen molar-refractivity contribution in [2.75, 3.05) is 11.1 Å². The number of fused-ring (bicyclic) bond motifs is 1. The third kappa shape index (κ3) is 4.23. The molecule has 3 N–H and O–H groups in total. The van der Waals surface area contributed by atoms with E-state index in [1.54, 1.807) is 27.8 Å². The lowest BCUT2D eigenvalue weighted by Gasteiger charge is -2.15. The van der Waals surface area contributed by atoms with Crippen LogP contribution in [0.25, 0.3) is 22.5 Å². The molecule has 0 radical (unpaired) electrons. The number of hydrogen-bond acceptors (Lipinski definition) is 8. The zero-order chi connectivity index (χ0) is 22.8. The Kier molecular flexibility index (Phi) is 5.73. The molecule has 0 aliphatic heterocycles. The molecule has 4 aromatic rings. The smallest absolute Gasteiger partial charge is 0.167 e. The Morgan fingerprint density at radius 2 is 2.00 bits per heavy atom. The summed E-state index contributed by atoms with van der Waals surface area (Å²) in [6, 6.07) is 5.81. The SMILES string of the molecule is CC(C)CCc1cn(-c2cnc(-n3ncc4cc(C#N)c(N)nc43)cc2NC(C)C)nn1. The molecule has 0 aliphatic carbocycles. The average molecular weight is 431 g/mol. The van der Waals surface area contributed by atoms with Crippen LogP contribution < -0.4 is 11.1 Å². The number of nitriles is 1. The van der Waals surface area contributed by atoms with Crippen LogP contribution in [0.15, 0.2) is 30.7 Å². The van der Waals surface area contributed by atoms with Gasteiger partial charge in [-0.15, -0.1) is 5.10 Å². The topological polar surface area (TPSA) is 136 Å². The molecule has 0 unspecified atom stereocenters. The summed E-state index contributed by atoms with van der Waals surface area (Å²) in [5, 5.41) is 26.4. The van der Waals surface area contributed by atoms with Crippen LogP contribution in [0.1, 0.15) is 45.4 Å². The summed E-state index contributed by atoms with van der Waals surface area (Å²) in [5.41, 5.74) is 9.36. The maximum atomic E-state index is 9.19. The van der Waals surface area contributed by atoms with Crippen molar-refractivity contribution < 1.29 is 0 Å². The summed E-state index contributed by atoms with van der Waals surface area (Å²) in [4.78, 5) is 8.96. The lowest BCUT2D eigenvalue weighted by Crippen LogP contribution is -2.14. The first-order valence-corrected chi connectivity index (χ1v) is 10.6. The van der Waals surface area contributed by atoms with Crippen molar-refractivity contribution in [2.45, 2.75) is 46.6 Å². The van der Waals surface area contributed by atoms with E-state index in [1.165, 1.54) is 0 Å². The Balaban J connectivity index is 1.74. The molecule has 4 rings (SSSR count). The zero-order valence-electron chi connectivity index (χ0n) is 18.6. The van der Waals surface area contributed by atoms with Crippen LogP contribution in [0.2, 0.25) is 0 Å². The summed E-state index contributed by atoms with van der Waals surface area (Å²) in [7, 11) is 0. The zero-order valence-corrected chi connectivity index (χ0v) is 18.6. The predicted octanol–water partition coefficient (Wildman–Crippen LogP) is 3.26. The maximum Gasteiger partial charge on any atom is 0.167 e. The first-order chi connectivity index (χ1) is 15.4. The highest BCUT2D eigenvalue weighted by atomic mass is 15.4. The number of nitrogens with two attached hydrogens (primary N) is 1.